The van der Waals surface area contributed by atoms with Crippen molar-refractivity contribution < 1.29 is 23.8 Å². The van der Waals surface area contributed by atoms with E-state index in [0.29, 0.717) is 30.9 Å². The van der Waals surface area contributed by atoms with Crippen molar-refractivity contribution in [3.05, 3.63) is 51.3 Å². The van der Waals surface area contributed by atoms with E-state index in [2.05, 4.69) is 21.0 Å². The van der Waals surface area contributed by atoms with Crippen LogP contribution in [0.5, 0.6) is 5.75 Å². The Morgan fingerprint density at radius 1 is 1.28 bits per heavy atom. The maximum atomic E-state index is 12.8. The van der Waals surface area contributed by atoms with E-state index in [1.165, 1.54) is 0 Å². The lowest BCUT2D eigenvalue weighted by atomic mass is 10.0. The highest BCUT2D eigenvalue weighted by molar-refractivity contribution is 9.11. The molecule has 0 spiro atoms. The van der Waals surface area contributed by atoms with Crippen molar-refractivity contribution in [3.8, 4) is 5.75 Å². The van der Waals surface area contributed by atoms with Gasteiger partial charge < -0.3 is 14.2 Å². The monoisotopic (exact) mass is 503 g/mol. The zero-order chi connectivity index (χ0) is 23.3. The molecule has 0 unspecified atom stereocenters. The summed E-state index contributed by atoms with van der Waals surface area (Å²) in [5.74, 6) is -0.975. The summed E-state index contributed by atoms with van der Waals surface area (Å²) in [4.78, 5) is 28.5. The van der Waals surface area contributed by atoms with E-state index in [1.807, 2.05) is 45.2 Å². The lowest BCUT2D eigenvalue weighted by molar-refractivity contribution is -0.127. The molecule has 2 aliphatic heterocycles. The van der Waals surface area contributed by atoms with Gasteiger partial charge in [-0.3, -0.25) is 9.58 Å². The number of rotatable bonds is 3. The highest BCUT2D eigenvalue weighted by atomic mass is 79.9. The van der Waals surface area contributed by atoms with Gasteiger partial charge in [0.05, 0.1) is 25.3 Å². The number of carbonyl (C=O) groups is 2. The van der Waals surface area contributed by atoms with E-state index < -0.39 is 17.4 Å². The summed E-state index contributed by atoms with van der Waals surface area (Å²) in [6.45, 7) is 10.1. The summed E-state index contributed by atoms with van der Waals surface area (Å²) >= 11 is 3.28. The van der Waals surface area contributed by atoms with Gasteiger partial charge in [0.15, 0.2) is 0 Å². The Hall–Kier alpha value is -2.81. The highest BCUT2D eigenvalue weighted by Crippen LogP contribution is 2.38. The molecule has 4 rings (SSSR count). The minimum atomic E-state index is -1.05. The normalized spacial score (nSPS) is 17.1. The number of nitrogens with zero attached hydrogens (tertiary/aromatic N) is 3. The fourth-order valence-corrected chi connectivity index (χ4v) is 4.05. The van der Waals surface area contributed by atoms with Crippen molar-refractivity contribution in [2.75, 3.05) is 0 Å². The van der Waals surface area contributed by atoms with Crippen LogP contribution < -0.4 is 4.74 Å². The largest absolute Gasteiger partial charge is 0.451 e. The zero-order valence-electron chi connectivity index (χ0n) is 18.8. The second-order valence-electron chi connectivity index (χ2n) is 9.34. The second-order valence-corrected chi connectivity index (χ2v) is 9.87. The molecular formula is C23H26BrN3O5. The van der Waals surface area contributed by atoms with Gasteiger partial charge in [0, 0.05) is 31.2 Å². The van der Waals surface area contributed by atoms with Crippen LogP contribution in [0.2, 0.25) is 0 Å². The van der Waals surface area contributed by atoms with Crippen molar-refractivity contribution in [3.63, 3.8) is 0 Å². The molecule has 0 radical (unpaired) electrons. The third-order valence-corrected chi connectivity index (χ3v) is 5.28. The molecule has 1 aromatic heterocycles. The molecule has 9 heteroatoms. The lowest BCUT2D eigenvalue weighted by Gasteiger charge is -2.33. The van der Waals surface area contributed by atoms with Gasteiger partial charge in [-0.25, -0.2) is 9.59 Å². The Kier molecular flexibility index (Phi) is 5.56. The Balaban J connectivity index is 1.57. The summed E-state index contributed by atoms with van der Waals surface area (Å²) in [5, 5.41) is 4.63. The molecule has 0 atom stereocenters. The van der Waals surface area contributed by atoms with Crippen LogP contribution in [-0.2, 0) is 29.1 Å². The van der Waals surface area contributed by atoms with E-state index in [9.17, 15) is 9.59 Å². The number of amides is 1. The van der Waals surface area contributed by atoms with Crippen LogP contribution in [0.3, 0.4) is 0 Å². The van der Waals surface area contributed by atoms with Crippen LogP contribution >= 0.6 is 15.9 Å². The Bertz CT molecular complexity index is 1090. The minimum Gasteiger partial charge on any atom is -0.451 e. The topological polar surface area (TPSA) is 82.9 Å². The van der Waals surface area contributed by atoms with E-state index in [4.69, 9.17) is 14.2 Å². The third kappa shape index (κ3) is 4.53. The smallest absolute Gasteiger partial charge is 0.410 e. The maximum Gasteiger partial charge on any atom is 0.410 e. The molecule has 0 bridgehead atoms. The number of cyclic esters (lactones) is 1. The average Bonchev–Trinajstić information content (AvgIpc) is 3.20. The van der Waals surface area contributed by atoms with Crippen LogP contribution in [0.25, 0.3) is 6.08 Å². The summed E-state index contributed by atoms with van der Waals surface area (Å²) in [6.07, 6.45) is 3.37. The zero-order valence-corrected chi connectivity index (χ0v) is 20.4. The van der Waals surface area contributed by atoms with Gasteiger partial charge in [-0.2, -0.15) is 5.10 Å². The minimum absolute atomic E-state index is 0.353. The fraction of sp³-hybridized carbons (Fsp3) is 0.435. The van der Waals surface area contributed by atoms with Gasteiger partial charge in [-0.1, -0.05) is 28.1 Å². The van der Waals surface area contributed by atoms with Gasteiger partial charge in [0.2, 0.25) is 5.79 Å². The van der Waals surface area contributed by atoms with E-state index >= 15 is 0 Å². The average molecular weight is 504 g/mol. The van der Waals surface area contributed by atoms with Gasteiger partial charge in [0.25, 0.3) is 0 Å². The van der Waals surface area contributed by atoms with Crippen molar-refractivity contribution in [1.29, 1.82) is 0 Å². The molecule has 0 N–H and O–H groups in total. The molecule has 1 amide bonds. The molecular weight excluding hydrogens is 478 g/mol. The number of hydrogen-bond acceptors (Lipinski definition) is 6. The van der Waals surface area contributed by atoms with E-state index in [0.717, 1.165) is 22.4 Å². The molecule has 170 valence electrons. The van der Waals surface area contributed by atoms with E-state index in [-0.39, 0.29) is 6.09 Å². The first-order valence-electron chi connectivity index (χ1n) is 10.3. The second kappa shape index (κ2) is 7.95. The maximum absolute atomic E-state index is 12.8. The fourth-order valence-electron chi connectivity index (χ4n) is 3.77. The van der Waals surface area contributed by atoms with E-state index in [1.54, 1.807) is 28.4 Å². The predicted octanol–water partition coefficient (Wildman–Crippen LogP) is 4.83. The molecule has 8 nitrogen and oxygen atoms in total. The van der Waals surface area contributed by atoms with Gasteiger partial charge in [0.1, 0.15) is 16.9 Å². The number of aromatic nitrogens is 2. The molecule has 3 heterocycles. The van der Waals surface area contributed by atoms with Crippen LogP contribution in [0.15, 0.2) is 23.3 Å². The van der Waals surface area contributed by atoms with Gasteiger partial charge >= 0.3 is 12.1 Å². The molecule has 2 aliphatic rings. The molecule has 0 saturated carbocycles. The number of esters is 1. The summed E-state index contributed by atoms with van der Waals surface area (Å²) in [6, 6.07) is 3.78. The molecule has 2 aromatic rings. The summed E-state index contributed by atoms with van der Waals surface area (Å²) < 4.78 is 18.7. The molecule has 32 heavy (non-hydrogen) atoms. The van der Waals surface area contributed by atoms with Gasteiger partial charge in [-0.05, 0) is 37.4 Å². The van der Waals surface area contributed by atoms with Crippen LogP contribution in [0, 0.1) is 0 Å². The van der Waals surface area contributed by atoms with Crippen LogP contribution in [-0.4, -0.2) is 38.1 Å². The van der Waals surface area contributed by atoms with Crippen molar-refractivity contribution in [2.45, 2.75) is 65.6 Å². The SMILES string of the molecule is CC(C)(C)OC(=O)N1Cc2cn(Cc3ccc(/C=C\Br)c4c3C(=O)OC(C)(C)O4)nc2C1. The first kappa shape index (κ1) is 22.4. The molecule has 1 aromatic carbocycles. The summed E-state index contributed by atoms with van der Waals surface area (Å²) in [7, 11) is 0. The highest BCUT2D eigenvalue weighted by Gasteiger charge is 2.37. The Labute approximate surface area is 195 Å². The van der Waals surface area contributed by atoms with Crippen molar-refractivity contribution in [2.24, 2.45) is 0 Å². The van der Waals surface area contributed by atoms with Crippen LogP contribution in [0.1, 0.15) is 67.4 Å². The molecule has 0 saturated heterocycles. The first-order chi connectivity index (χ1) is 15.0. The number of halogens is 1. The predicted molar refractivity (Wildman–Crippen MR) is 121 cm³/mol. The van der Waals surface area contributed by atoms with Crippen molar-refractivity contribution in [1.82, 2.24) is 14.7 Å². The number of ether oxygens (including phenoxy) is 3. The summed E-state index contributed by atoms with van der Waals surface area (Å²) in [5.41, 5.74) is 3.17. The number of benzene rings is 1. The third-order valence-electron chi connectivity index (χ3n) is 5.02. The van der Waals surface area contributed by atoms with Gasteiger partial charge in [-0.15, -0.1) is 0 Å². The van der Waals surface area contributed by atoms with Crippen molar-refractivity contribution >= 4 is 34.1 Å². The number of fused-ring (bicyclic) bond motifs is 2. The standard InChI is InChI=1S/C23H26BrN3O5/c1-22(2,3)32-21(29)26-10-16-12-27(25-17(16)13-26)11-15-7-6-14(8-9-24)19-18(15)20(28)31-23(4,5)30-19/h6-9,12H,10-11,13H2,1-5H3/b9-8-. The number of carbonyl (C=O) groups excluding carboxylic acids is 2. The van der Waals surface area contributed by atoms with Crippen LogP contribution in [0.4, 0.5) is 4.79 Å². The quantitative estimate of drug-likeness (QED) is 0.557. The molecule has 0 fully saturated rings. The molecule has 0 aliphatic carbocycles. The Morgan fingerprint density at radius 3 is 2.69 bits per heavy atom. The number of hydrogen-bond donors (Lipinski definition) is 0. The Morgan fingerprint density at radius 2 is 2.03 bits per heavy atom. The first-order valence-corrected chi connectivity index (χ1v) is 11.3. The lowest BCUT2D eigenvalue weighted by Crippen LogP contribution is -2.39.